The Morgan fingerprint density at radius 1 is 1.07 bits per heavy atom. The fraction of sp³-hybridized carbons (Fsp3) is 0.619. The molecule has 2 saturated heterocycles. The summed E-state index contributed by atoms with van der Waals surface area (Å²) in [4.78, 5) is 28.7. The van der Waals surface area contributed by atoms with Crippen LogP contribution < -0.4 is 5.32 Å². The van der Waals surface area contributed by atoms with Crippen LogP contribution in [0.4, 0.5) is 8.78 Å². The van der Waals surface area contributed by atoms with Crippen LogP contribution in [0, 0.1) is 17.6 Å². The Bertz CT molecular complexity index is 702. The summed E-state index contributed by atoms with van der Waals surface area (Å²) in [6.07, 6.45) is 3.07. The minimum absolute atomic E-state index is 0.0245. The number of unbranched alkanes of at least 4 members (excludes halogenated alkanes) is 1. The van der Waals surface area contributed by atoms with Crippen LogP contribution in [-0.4, -0.2) is 74.1 Å². The third kappa shape index (κ3) is 6.21. The molecule has 29 heavy (non-hydrogen) atoms. The molecule has 8 heteroatoms. The molecule has 0 saturated carbocycles. The molecule has 2 aliphatic rings. The zero-order chi connectivity index (χ0) is 20.6. The van der Waals surface area contributed by atoms with Gasteiger partial charge in [-0.3, -0.25) is 14.5 Å². The molecule has 0 unspecified atom stereocenters. The molecule has 2 fully saturated rings. The molecule has 2 heterocycles. The molecule has 3 rings (SSSR count). The van der Waals surface area contributed by atoms with Gasteiger partial charge < -0.3 is 15.0 Å². The van der Waals surface area contributed by atoms with E-state index in [1.165, 1.54) is 11.0 Å². The normalized spacial score (nSPS) is 18.6. The molecule has 160 valence electrons. The fourth-order valence-electron chi connectivity index (χ4n) is 3.82. The lowest BCUT2D eigenvalue weighted by molar-refractivity contribution is -0.126. The average molecular weight is 409 g/mol. The van der Waals surface area contributed by atoms with Crippen molar-refractivity contribution >= 4 is 11.8 Å². The maximum atomic E-state index is 13.8. The summed E-state index contributed by atoms with van der Waals surface area (Å²) in [6.45, 7) is 6.02. The van der Waals surface area contributed by atoms with Crippen LogP contribution in [0.3, 0.4) is 0 Å². The van der Waals surface area contributed by atoms with E-state index in [-0.39, 0.29) is 17.4 Å². The number of amides is 2. The highest BCUT2D eigenvalue weighted by atomic mass is 19.1. The van der Waals surface area contributed by atoms with E-state index in [4.69, 9.17) is 4.74 Å². The van der Waals surface area contributed by atoms with Gasteiger partial charge in [-0.2, -0.15) is 0 Å². The maximum absolute atomic E-state index is 13.8. The van der Waals surface area contributed by atoms with Crippen LogP contribution in [0.5, 0.6) is 0 Å². The number of hydrogen-bond acceptors (Lipinski definition) is 4. The van der Waals surface area contributed by atoms with Gasteiger partial charge >= 0.3 is 0 Å². The molecule has 1 aromatic carbocycles. The van der Waals surface area contributed by atoms with Crippen molar-refractivity contribution in [1.29, 1.82) is 0 Å². The van der Waals surface area contributed by atoms with Gasteiger partial charge in [-0.25, -0.2) is 8.78 Å². The van der Waals surface area contributed by atoms with Crippen molar-refractivity contribution in [2.45, 2.75) is 25.7 Å². The smallest absolute Gasteiger partial charge is 0.256 e. The van der Waals surface area contributed by atoms with E-state index in [1.54, 1.807) is 0 Å². The predicted molar refractivity (Wildman–Crippen MR) is 104 cm³/mol. The number of carbonyl (C=O) groups excluding carboxylic acids is 2. The number of hydrogen-bond donors (Lipinski definition) is 1. The van der Waals surface area contributed by atoms with Crippen LogP contribution >= 0.6 is 0 Å². The third-order valence-electron chi connectivity index (χ3n) is 5.62. The summed E-state index contributed by atoms with van der Waals surface area (Å²) < 4.78 is 32.2. The second-order valence-electron chi connectivity index (χ2n) is 7.64. The summed E-state index contributed by atoms with van der Waals surface area (Å²) in [5.74, 6) is -2.12. The quantitative estimate of drug-likeness (QED) is 0.701. The molecule has 6 nitrogen and oxygen atoms in total. The Kier molecular flexibility index (Phi) is 7.94. The lowest BCUT2D eigenvalue weighted by Crippen LogP contribution is -2.43. The van der Waals surface area contributed by atoms with Gasteiger partial charge in [0.05, 0.1) is 18.8 Å². The van der Waals surface area contributed by atoms with E-state index >= 15 is 0 Å². The summed E-state index contributed by atoms with van der Waals surface area (Å²) in [6, 6.07) is 2.96. The number of rotatable bonds is 7. The molecule has 2 aliphatic heterocycles. The summed E-state index contributed by atoms with van der Waals surface area (Å²) in [5, 5.41) is 2.99. The first-order chi connectivity index (χ1) is 14.0. The van der Waals surface area contributed by atoms with Gasteiger partial charge in [0.25, 0.3) is 5.91 Å². The van der Waals surface area contributed by atoms with Crippen molar-refractivity contribution in [2.24, 2.45) is 5.92 Å². The number of halogens is 2. The maximum Gasteiger partial charge on any atom is 0.256 e. The molecule has 2 amide bonds. The highest BCUT2D eigenvalue weighted by Gasteiger charge is 2.28. The van der Waals surface area contributed by atoms with Gasteiger partial charge in [0, 0.05) is 44.7 Å². The Balaban J connectivity index is 1.34. The molecule has 0 radical (unpaired) electrons. The van der Waals surface area contributed by atoms with Crippen LogP contribution in [0.15, 0.2) is 18.2 Å². The topological polar surface area (TPSA) is 61.9 Å². The second-order valence-corrected chi connectivity index (χ2v) is 7.64. The number of carbonyl (C=O) groups is 2. The Morgan fingerprint density at radius 3 is 2.48 bits per heavy atom. The Hall–Kier alpha value is -2.06. The first-order valence-electron chi connectivity index (χ1n) is 10.4. The van der Waals surface area contributed by atoms with Crippen molar-refractivity contribution in [3.05, 3.63) is 35.4 Å². The highest BCUT2D eigenvalue weighted by Crippen LogP contribution is 2.20. The van der Waals surface area contributed by atoms with Gasteiger partial charge in [-0.1, -0.05) is 0 Å². The minimum atomic E-state index is -0.855. The number of nitrogens with one attached hydrogen (secondary N) is 1. The van der Waals surface area contributed by atoms with Crippen LogP contribution in [0.1, 0.15) is 36.0 Å². The Labute approximate surface area is 170 Å². The highest BCUT2D eigenvalue weighted by molar-refractivity contribution is 5.94. The van der Waals surface area contributed by atoms with Gasteiger partial charge in [-0.05, 0) is 44.4 Å². The number of ether oxygens (including phenoxy) is 1. The van der Waals surface area contributed by atoms with Crippen molar-refractivity contribution in [3.8, 4) is 0 Å². The lowest BCUT2D eigenvalue weighted by Gasteiger charge is -2.31. The molecule has 0 bridgehead atoms. The number of nitrogens with zero attached hydrogens (tertiary/aromatic N) is 2. The summed E-state index contributed by atoms with van der Waals surface area (Å²) in [5.41, 5.74) is -0.130. The zero-order valence-electron chi connectivity index (χ0n) is 16.7. The first kappa shape index (κ1) is 21.6. The largest absolute Gasteiger partial charge is 0.379 e. The van der Waals surface area contributed by atoms with Crippen molar-refractivity contribution < 1.29 is 23.1 Å². The van der Waals surface area contributed by atoms with E-state index in [2.05, 4.69) is 10.2 Å². The molecular formula is C21H29F2N3O3. The third-order valence-corrected chi connectivity index (χ3v) is 5.62. The first-order valence-corrected chi connectivity index (χ1v) is 10.4. The molecular weight excluding hydrogens is 380 g/mol. The molecule has 0 atom stereocenters. The zero-order valence-corrected chi connectivity index (χ0v) is 16.7. The number of likely N-dealkylation sites (tertiary alicyclic amines) is 1. The lowest BCUT2D eigenvalue weighted by atomic mass is 9.95. The van der Waals surface area contributed by atoms with E-state index < -0.39 is 17.5 Å². The van der Waals surface area contributed by atoms with Crippen LogP contribution in [0.2, 0.25) is 0 Å². The molecule has 0 spiro atoms. The monoisotopic (exact) mass is 409 g/mol. The van der Waals surface area contributed by atoms with Gasteiger partial charge in [0.15, 0.2) is 0 Å². The minimum Gasteiger partial charge on any atom is -0.379 e. The number of morpholine rings is 1. The Morgan fingerprint density at radius 2 is 1.79 bits per heavy atom. The van der Waals surface area contributed by atoms with E-state index in [1.807, 2.05) is 0 Å². The second kappa shape index (κ2) is 10.6. The van der Waals surface area contributed by atoms with Crippen molar-refractivity contribution in [3.63, 3.8) is 0 Å². The van der Waals surface area contributed by atoms with Crippen LogP contribution in [0.25, 0.3) is 0 Å². The average Bonchev–Trinajstić information content (AvgIpc) is 2.74. The van der Waals surface area contributed by atoms with Crippen molar-refractivity contribution in [2.75, 3.05) is 52.5 Å². The van der Waals surface area contributed by atoms with Gasteiger partial charge in [0.1, 0.15) is 11.6 Å². The van der Waals surface area contributed by atoms with E-state index in [0.717, 1.165) is 51.8 Å². The van der Waals surface area contributed by atoms with Crippen LogP contribution in [-0.2, 0) is 9.53 Å². The predicted octanol–water partition coefficient (Wildman–Crippen LogP) is 2.05. The molecule has 0 aliphatic carbocycles. The summed E-state index contributed by atoms with van der Waals surface area (Å²) in [7, 11) is 0. The number of benzene rings is 1. The van der Waals surface area contributed by atoms with E-state index in [9.17, 15) is 18.4 Å². The molecule has 1 aromatic rings. The van der Waals surface area contributed by atoms with Gasteiger partial charge in [-0.15, -0.1) is 0 Å². The van der Waals surface area contributed by atoms with E-state index in [0.29, 0.717) is 38.5 Å². The standard InChI is InChI=1S/C21H29F2N3O3/c22-17-3-4-18(19(23)15-17)21(28)26-9-5-16(6-10-26)20(27)24-7-1-2-8-25-11-13-29-14-12-25/h3-4,15-16H,1-2,5-14H2,(H,24,27). The fourth-order valence-corrected chi connectivity index (χ4v) is 3.82. The SMILES string of the molecule is O=C(NCCCCN1CCOCC1)C1CCN(C(=O)c2ccc(F)cc2F)CC1. The molecule has 1 N–H and O–H groups in total. The number of piperidine rings is 1. The summed E-state index contributed by atoms with van der Waals surface area (Å²) >= 11 is 0. The molecule has 0 aromatic heterocycles. The van der Waals surface area contributed by atoms with Gasteiger partial charge in [0.2, 0.25) is 5.91 Å². The van der Waals surface area contributed by atoms with Crippen molar-refractivity contribution in [1.82, 2.24) is 15.1 Å².